The minimum absolute atomic E-state index is 0.0743. The van der Waals surface area contributed by atoms with Crippen molar-refractivity contribution >= 4 is 11.6 Å². The number of benzene rings is 1. The molecule has 1 aromatic carbocycles. The van der Waals surface area contributed by atoms with Gasteiger partial charge in [0.15, 0.2) is 12.0 Å². The molecule has 1 aliphatic carbocycles. The van der Waals surface area contributed by atoms with Crippen LogP contribution in [0.1, 0.15) is 31.0 Å². The van der Waals surface area contributed by atoms with Crippen molar-refractivity contribution in [2.75, 3.05) is 0 Å². The van der Waals surface area contributed by atoms with Crippen LogP contribution in [-0.4, -0.2) is 50.2 Å². The fourth-order valence-electron chi connectivity index (χ4n) is 4.28. The summed E-state index contributed by atoms with van der Waals surface area (Å²) in [6, 6.07) is 6.04. The average Bonchev–Trinajstić information content (AvgIpc) is 3.24. The number of nitrogens with zero attached hydrogens (tertiary/aromatic N) is 11. The first-order valence-electron chi connectivity index (χ1n) is 11.2. The molecular weight excluding hydrogens is 489 g/mol. The molecule has 0 spiro atoms. The SMILES string of the molecule is Cn1nncc1-c1cn([C@@H](CC2CC2)c2ccc(-c3c(-n4cnnn4)ccc(Cl)c3F)c[n+]2[O-])nn1. The van der Waals surface area contributed by atoms with E-state index in [9.17, 15) is 5.21 Å². The summed E-state index contributed by atoms with van der Waals surface area (Å²) in [6.45, 7) is 0. The number of rotatable bonds is 7. The van der Waals surface area contributed by atoms with Crippen LogP contribution in [0.25, 0.3) is 28.2 Å². The van der Waals surface area contributed by atoms with Crippen LogP contribution in [0.15, 0.2) is 49.2 Å². The summed E-state index contributed by atoms with van der Waals surface area (Å²) in [7, 11) is 1.77. The van der Waals surface area contributed by atoms with Crippen LogP contribution in [0, 0.1) is 16.9 Å². The lowest BCUT2D eigenvalue weighted by Crippen LogP contribution is -2.35. The monoisotopic (exact) mass is 507 g/mol. The number of aryl methyl sites for hydroxylation is 1. The molecule has 6 rings (SSSR count). The van der Waals surface area contributed by atoms with Crippen molar-refractivity contribution in [3.63, 3.8) is 0 Å². The second-order valence-corrected chi connectivity index (χ2v) is 9.11. The van der Waals surface area contributed by atoms with Crippen LogP contribution >= 0.6 is 11.6 Å². The standard InChI is InChI=1S/C22H19ClFN11O/c1-32-20(9-25-29-32)16-11-33(30-27-16)19(8-13-2-3-13)17-6-4-14(10-35(17)36)21-18(34-12-26-28-31-34)7-5-15(23)22(21)24/h4-7,9-13,19H,2-3,8H2,1H3/t19-/m0/s1. The van der Waals surface area contributed by atoms with Gasteiger partial charge in [-0.2, -0.15) is 9.41 Å². The molecular formula is C22H19ClFN11O. The Morgan fingerprint density at radius 2 is 2.03 bits per heavy atom. The fourth-order valence-corrected chi connectivity index (χ4v) is 4.44. The Morgan fingerprint density at radius 1 is 1.17 bits per heavy atom. The van der Waals surface area contributed by atoms with Crippen molar-refractivity contribution in [1.29, 1.82) is 0 Å². The third-order valence-electron chi connectivity index (χ3n) is 6.30. The third kappa shape index (κ3) is 3.96. The Morgan fingerprint density at radius 3 is 2.72 bits per heavy atom. The van der Waals surface area contributed by atoms with Crippen LogP contribution in [0.5, 0.6) is 0 Å². The Labute approximate surface area is 208 Å². The first-order chi connectivity index (χ1) is 17.5. The van der Waals surface area contributed by atoms with Gasteiger partial charge in [0.2, 0.25) is 5.69 Å². The lowest BCUT2D eigenvalue weighted by atomic mass is 10.0. The van der Waals surface area contributed by atoms with Crippen molar-refractivity contribution in [2.24, 2.45) is 13.0 Å². The van der Waals surface area contributed by atoms with E-state index >= 15 is 4.39 Å². The highest BCUT2D eigenvalue weighted by Gasteiger charge is 2.33. The highest BCUT2D eigenvalue weighted by molar-refractivity contribution is 6.31. The lowest BCUT2D eigenvalue weighted by Gasteiger charge is -2.17. The van der Waals surface area contributed by atoms with E-state index in [0.717, 1.165) is 24.0 Å². The van der Waals surface area contributed by atoms with Crippen LogP contribution in [0.4, 0.5) is 4.39 Å². The van der Waals surface area contributed by atoms with E-state index < -0.39 is 5.82 Å². The highest BCUT2D eigenvalue weighted by atomic mass is 35.5. The first kappa shape index (κ1) is 22.2. The summed E-state index contributed by atoms with van der Waals surface area (Å²) < 4.78 is 20.5. The Balaban J connectivity index is 1.41. The molecule has 0 radical (unpaired) electrons. The topological polar surface area (TPSA) is 132 Å². The summed E-state index contributed by atoms with van der Waals surface area (Å²) in [5, 5.41) is 40.8. The highest BCUT2D eigenvalue weighted by Crippen LogP contribution is 2.39. The zero-order chi connectivity index (χ0) is 24.8. The second-order valence-electron chi connectivity index (χ2n) is 8.70. The molecule has 182 valence electrons. The van der Waals surface area contributed by atoms with E-state index in [1.165, 1.54) is 23.3 Å². The zero-order valence-electron chi connectivity index (χ0n) is 19.0. The van der Waals surface area contributed by atoms with Crippen LogP contribution < -0.4 is 4.73 Å². The van der Waals surface area contributed by atoms with Crippen molar-refractivity contribution in [3.05, 3.63) is 70.9 Å². The predicted octanol–water partition coefficient (Wildman–Crippen LogP) is 2.53. The molecule has 1 aliphatic rings. The number of hydrogen-bond acceptors (Lipinski definition) is 8. The molecule has 4 aromatic heterocycles. The van der Waals surface area contributed by atoms with Gasteiger partial charge in [-0.15, -0.1) is 15.3 Å². The molecule has 1 fully saturated rings. The van der Waals surface area contributed by atoms with Gasteiger partial charge in [0.25, 0.3) is 0 Å². The fraction of sp³-hybridized carbons (Fsp3) is 0.273. The third-order valence-corrected chi connectivity index (χ3v) is 6.60. The molecule has 1 saturated carbocycles. The van der Waals surface area contributed by atoms with Gasteiger partial charge < -0.3 is 5.21 Å². The smallest absolute Gasteiger partial charge is 0.217 e. The van der Waals surface area contributed by atoms with E-state index in [-0.39, 0.29) is 16.6 Å². The number of tetrazole rings is 1. The van der Waals surface area contributed by atoms with Crippen LogP contribution in [0.2, 0.25) is 5.02 Å². The summed E-state index contributed by atoms with van der Waals surface area (Å²) in [5.74, 6) is -0.171. The molecule has 0 aliphatic heterocycles. The normalized spacial score (nSPS) is 14.3. The van der Waals surface area contributed by atoms with Crippen molar-refractivity contribution in [3.8, 4) is 28.2 Å². The number of pyridine rings is 1. The summed E-state index contributed by atoms with van der Waals surface area (Å²) in [6.07, 6.45) is 9.00. The Hall–Kier alpha value is -4.26. The average molecular weight is 508 g/mol. The van der Waals surface area contributed by atoms with Gasteiger partial charge in [0, 0.05) is 13.1 Å². The van der Waals surface area contributed by atoms with E-state index in [1.54, 1.807) is 47.0 Å². The van der Waals surface area contributed by atoms with E-state index in [0.29, 0.717) is 34.3 Å². The van der Waals surface area contributed by atoms with Gasteiger partial charge in [-0.25, -0.2) is 13.8 Å². The molecule has 0 saturated heterocycles. The Bertz CT molecular complexity index is 1540. The lowest BCUT2D eigenvalue weighted by molar-refractivity contribution is -0.615. The van der Waals surface area contributed by atoms with Crippen molar-refractivity contribution in [2.45, 2.75) is 25.3 Å². The van der Waals surface area contributed by atoms with Crippen LogP contribution in [-0.2, 0) is 7.05 Å². The maximum absolute atomic E-state index is 15.2. The largest absolute Gasteiger partial charge is 0.618 e. The van der Waals surface area contributed by atoms with Gasteiger partial charge in [-0.1, -0.05) is 34.9 Å². The van der Waals surface area contributed by atoms with Gasteiger partial charge in [0.05, 0.1) is 34.2 Å². The maximum Gasteiger partial charge on any atom is 0.217 e. The maximum atomic E-state index is 15.2. The first-order valence-corrected chi connectivity index (χ1v) is 11.6. The minimum atomic E-state index is -0.669. The molecule has 0 amide bonds. The summed E-state index contributed by atoms with van der Waals surface area (Å²) in [5.41, 5.74) is 2.60. The quantitative estimate of drug-likeness (QED) is 0.242. The second kappa shape index (κ2) is 8.75. The van der Waals surface area contributed by atoms with E-state index in [4.69, 9.17) is 11.6 Å². The van der Waals surface area contributed by atoms with Gasteiger partial charge >= 0.3 is 0 Å². The molecule has 14 heteroatoms. The molecule has 1 atom stereocenters. The number of hydrogen-bond donors (Lipinski definition) is 0. The van der Waals surface area contributed by atoms with E-state index in [1.807, 2.05) is 0 Å². The van der Waals surface area contributed by atoms with Crippen molar-refractivity contribution < 1.29 is 9.12 Å². The molecule has 5 aromatic rings. The summed E-state index contributed by atoms with van der Waals surface area (Å²) >= 11 is 6.07. The van der Waals surface area contributed by atoms with Crippen LogP contribution in [0.3, 0.4) is 0 Å². The Kier molecular flexibility index (Phi) is 5.40. The predicted molar refractivity (Wildman–Crippen MR) is 124 cm³/mol. The molecule has 12 nitrogen and oxygen atoms in total. The van der Waals surface area contributed by atoms with Gasteiger partial charge in [-0.3, -0.25) is 0 Å². The molecule has 36 heavy (non-hydrogen) atoms. The van der Waals surface area contributed by atoms with Gasteiger partial charge in [0.1, 0.15) is 23.8 Å². The van der Waals surface area contributed by atoms with E-state index in [2.05, 4.69) is 36.1 Å². The molecule has 4 heterocycles. The minimum Gasteiger partial charge on any atom is -0.618 e. The van der Waals surface area contributed by atoms with Gasteiger partial charge in [-0.05, 0) is 41.0 Å². The zero-order valence-corrected chi connectivity index (χ0v) is 19.7. The van der Waals surface area contributed by atoms with Crippen molar-refractivity contribution in [1.82, 2.24) is 50.2 Å². The molecule has 0 N–H and O–H groups in total. The number of aromatic nitrogens is 11. The molecule has 0 bridgehead atoms. The molecule has 0 unspecified atom stereocenters. The summed E-state index contributed by atoms with van der Waals surface area (Å²) in [4.78, 5) is 0. The number of halogens is 2.